The standard InChI is InChI=1S/C19H24N4O5/c1-5-22-17(16(20)18(25)23(6-2)19(22)26)21-15(24)10-8-12-7-9-13(27-3)14(11-12)28-4/h7-11H,5-6,20H2,1-4H3,(H,21,24)/b10-8+. The summed E-state index contributed by atoms with van der Waals surface area (Å²) in [4.78, 5) is 37.0. The molecule has 0 saturated carbocycles. The zero-order valence-electron chi connectivity index (χ0n) is 16.3. The third-order valence-electron chi connectivity index (χ3n) is 4.17. The molecule has 2 rings (SSSR count). The van der Waals surface area contributed by atoms with Crippen molar-refractivity contribution in [2.45, 2.75) is 26.9 Å². The molecule has 0 aliphatic carbocycles. The summed E-state index contributed by atoms with van der Waals surface area (Å²) in [7, 11) is 3.05. The second kappa shape index (κ2) is 8.94. The Morgan fingerprint density at radius 1 is 1.11 bits per heavy atom. The van der Waals surface area contributed by atoms with Gasteiger partial charge in [-0.2, -0.15) is 0 Å². The monoisotopic (exact) mass is 388 g/mol. The fraction of sp³-hybridized carbons (Fsp3) is 0.316. The Bertz CT molecular complexity index is 1020. The van der Waals surface area contributed by atoms with Crippen LogP contribution in [0.2, 0.25) is 0 Å². The molecule has 1 amide bonds. The number of amides is 1. The van der Waals surface area contributed by atoms with Gasteiger partial charge in [-0.25, -0.2) is 4.79 Å². The molecule has 0 fully saturated rings. The molecule has 0 atom stereocenters. The minimum Gasteiger partial charge on any atom is -0.493 e. The van der Waals surface area contributed by atoms with E-state index in [9.17, 15) is 14.4 Å². The van der Waals surface area contributed by atoms with Crippen molar-refractivity contribution in [3.05, 3.63) is 50.7 Å². The molecule has 0 bridgehead atoms. The smallest absolute Gasteiger partial charge is 0.332 e. The van der Waals surface area contributed by atoms with E-state index in [4.69, 9.17) is 15.2 Å². The van der Waals surface area contributed by atoms with E-state index in [1.165, 1.54) is 24.9 Å². The number of nitrogens with zero attached hydrogens (tertiary/aromatic N) is 2. The Hall–Kier alpha value is -3.49. The molecule has 0 aliphatic rings. The molecule has 9 nitrogen and oxygen atoms in total. The third-order valence-corrected chi connectivity index (χ3v) is 4.17. The quantitative estimate of drug-likeness (QED) is 0.691. The first-order valence-electron chi connectivity index (χ1n) is 8.72. The average Bonchev–Trinajstić information content (AvgIpc) is 2.70. The summed E-state index contributed by atoms with van der Waals surface area (Å²) in [5.74, 6) is 0.554. The Balaban J connectivity index is 2.32. The van der Waals surface area contributed by atoms with E-state index < -0.39 is 17.2 Å². The van der Waals surface area contributed by atoms with Crippen LogP contribution in [0, 0.1) is 0 Å². The topological polar surface area (TPSA) is 118 Å². The highest BCUT2D eigenvalue weighted by Crippen LogP contribution is 2.28. The minimum atomic E-state index is -0.628. The highest BCUT2D eigenvalue weighted by Gasteiger charge is 2.16. The zero-order valence-corrected chi connectivity index (χ0v) is 16.3. The summed E-state index contributed by atoms with van der Waals surface area (Å²) in [5, 5.41) is 2.53. The lowest BCUT2D eigenvalue weighted by molar-refractivity contribution is -0.111. The van der Waals surface area contributed by atoms with Gasteiger partial charge >= 0.3 is 5.69 Å². The van der Waals surface area contributed by atoms with Gasteiger partial charge in [0, 0.05) is 19.2 Å². The van der Waals surface area contributed by atoms with Crippen LogP contribution in [-0.4, -0.2) is 29.3 Å². The normalized spacial score (nSPS) is 10.9. The molecule has 150 valence electrons. The van der Waals surface area contributed by atoms with Crippen molar-refractivity contribution in [1.82, 2.24) is 9.13 Å². The Kier molecular flexibility index (Phi) is 6.64. The number of aromatic nitrogens is 2. The van der Waals surface area contributed by atoms with Gasteiger partial charge in [-0.05, 0) is 37.6 Å². The van der Waals surface area contributed by atoms with Crippen molar-refractivity contribution in [3.63, 3.8) is 0 Å². The number of nitrogen functional groups attached to an aromatic ring is 1. The molecule has 1 aromatic carbocycles. The van der Waals surface area contributed by atoms with Crippen molar-refractivity contribution in [2.75, 3.05) is 25.3 Å². The fourth-order valence-corrected chi connectivity index (χ4v) is 2.71. The molecule has 0 aliphatic heterocycles. The summed E-state index contributed by atoms with van der Waals surface area (Å²) in [6, 6.07) is 5.18. The first kappa shape index (κ1) is 20.8. The van der Waals surface area contributed by atoms with Crippen LogP contribution in [0.4, 0.5) is 11.5 Å². The molecule has 28 heavy (non-hydrogen) atoms. The van der Waals surface area contributed by atoms with Crippen molar-refractivity contribution >= 4 is 23.5 Å². The summed E-state index contributed by atoms with van der Waals surface area (Å²) in [6.45, 7) is 3.83. The van der Waals surface area contributed by atoms with E-state index in [0.29, 0.717) is 17.1 Å². The van der Waals surface area contributed by atoms with Gasteiger partial charge in [-0.1, -0.05) is 6.07 Å². The van der Waals surface area contributed by atoms with Crippen molar-refractivity contribution in [2.24, 2.45) is 0 Å². The number of nitrogens with two attached hydrogens (primary N) is 1. The highest BCUT2D eigenvalue weighted by molar-refractivity contribution is 6.02. The minimum absolute atomic E-state index is 0.0100. The van der Waals surface area contributed by atoms with Crippen LogP contribution >= 0.6 is 0 Å². The van der Waals surface area contributed by atoms with Gasteiger partial charge in [0.1, 0.15) is 11.5 Å². The summed E-state index contributed by atoms with van der Waals surface area (Å²) in [6.07, 6.45) is 2.84. The number of carbonyl (C=O) groups is 1. The maximum atomic E-state index is 12.4. The van der Waals surface area contributed by atoms with Crippen LogP contribution in [0.5, 0.6) is 11.5 Å². The van der Waals surface area contributed by atoms with E-state index in [0.717, 1.165) is 4.57 Å². The zero-order chi connectivity index (χ0) is 20.8. The number of rotatable bonds is 7. The number of hydrogen-bond donors (Lipinski definition) is 2. The first-order valence-corrected chi connectivity index (χ1v) is 8.72. The molecule has 0 radical (unpaired) electrons. The number of methoxy groups -OCH3 is 2. The maximum Gasteiger partial charge on any atom is 0.332 e. The summed E-state index contributed by atoms with van der Waals surface area (Å²) < 4.78 is 12.7. The molecule has 1 heterocycles. The van der Waals surface area contributed by atoms with E-state index in [2.05, 4.69) is 5.32 Å². The summed E-state index contributed by atoms with van der Waals surface area (Å²) in [5.41, 5.74) is 5.23. The van der Waals surface area contributed by atoms with Gasteiger partial charge < -0.3 is 20.5 Å². The largest absolute Gasteiger partial charge is 0.493 e. The van der Waals surface area contributed by atoms with Gasteiger partial charge in [0.05, 0.1) is 14.2 Å². The lowest BCUT2D eigenvalue weighted by Gasteiger charge is -2.15. The lowest BCUT2D eigenvalue weighted by Crippen LogP contribution is -2.42. The maximum absolute atomic E-state index is 12.4. The average molecular weight is 388 g/mol. The number of hydrogen-bond acceptors (Lipinski definition) is 6. The van der Waals surface area contributed by atoms with Gasteiger partial charge in [0.25, 0.3) is 5.56 Å². The van der Waals surface area contributed by atoms with Crippen LogP contribution in [0.15, 0.2) is 33.9 Å². The molecular formula is C19H24N4O5. The Labute approximate surface area is 162 Å². The molecule has 0 spiro atoms. The molecule has 9 heteroatoms. The number of benzene rings is 1. The molecule has 2 aromatic rings. The molecule has 0 saturated heterocycles. The Morgan fingerprint density at radius 3 is 2.32 bits per heavy atom. The summed E-state index contributed by atoms with van der Waals surface area (Å²) >= 11 is 0. The number of anilines is 2. The van der Waals surface area contributed by atoms with Crippen LogP contribution in [0.1, 0.15) is 19.4 Å². The second-order valence-electron chi connectivity index (χ2n) is 5.78. The fourth-order valence-electron chi connectivity index (χ4n) is 2.71. The number of nitrogens with one attached hydrogen (secondary N) is 1. The van der Waals surface area contributed by atoms with Crippen molar-refractivity contribution < 1.29 is 14.3 Å². The molecular weight excluding hydrogens is 364 g/mol. The molecule has 3 N–H and O–H groups in total. The van der Waals surface area contributed by atoms with Crippen molar-refractivity contribution in [3.8, 4) is 11.5 Å². The Morgan fingerprint density at radius 2 is 1.75 bits per heavy atom. The van der Waals surface area contributed by atoms with Gasteiger partial charge in [0.15, 0.2) is 11.5 Å². The number of ether oxygens (including phenoxy) is 2. The van der Waals surface area contributed by atoms with E-state index in [-0.39, 0.29) is 24.6 Å². The highest BCUT2D eigenvalue weighted by atomic mass is 16.5. The van der Waals surface area contributed by atoms with E-state index >= 15 is 0 Å². The van der Waals surface area contributed by atoms with Gasteiger partial charge in [0.2, 0.25) is 5.91 Å². The van der Waals surface area contributed by atoms with Crippen LogP contribution in [0.25, 0.3) is 6.08 Å². The molecule has 0 unspecified atom stereocenters. The first-order chi connectivity index (χ1) is 13.4. The van der Waals surface area contributed by atoms with Gasteiger partial charge in [-0.3, -0.25) is 18.7 Å². The van der Waals surface area contributed by atoms with Crippen LogP contribution < -0.4 is 31.8 Å². The molecule has 1 aromatic heterocycles. The second-order valence-corrected chi connectivity index (χ2v) is 5.78. The van der Waals surface area contributed by atoms with E-state index in [1.54, 1.807) is 38.1 Å². The predicted octanol–water partition coefficient (Wildman–Crippen LogP) is 1.30. The SMILES string of the molecule is CCn1c(NC(=O)/C=C/c2ccc(OC)c(OC)c2)c(N)c(=O)n(CC)c1=O. The third kappa shape index (κ3) is 4.08. The predicted molar refractivity (Wildman–Crippen MR) is 108 cm³/mol. The lowest BCUT2D eigenvalue weighted by atomic mass is 10.2. The van der Waals surface area contributed by atoms with Crippen LogP contribution in [-0.2, 0) is 17.9 Å². The van der Waals surface area contributed by atoms with Gasteiger partial charge in [-0.15, -0.1) is 0 Å². The van der Waals surface area contributed by atoms with E-state index in [1.807, 2.05) is 0 Å². The van der Waals surface area contributed by atoms with Crippen molar-refractivity contribution in [1.29, 1.82) is 0 Å². The number of carbonyl (C=O) groups excluding carboxylic acids is 1. The van der Waals surface area contributed by atoms with Crippen LogP contribution in [0.3, 0.4) is 0 Å².